The van der Waals surface area contributed by atoms with Gasteiger partial charge in [0, 0.05) is 13.7 Å². The van der Waals surface area contributed by atoms with Gasteiger partial charge in [-0.1, -0.05) is 12.1 Å². The zero-order chi connectivity index (χ0) is 16.7. The fraction of sp³-hybridized carbons (Fsp3) is 0.562. The van der Waals surface area contributed by atoms with Gasteiger partial charge in [0.05, 0.1) is 27.6 Å². The number of aromatic nitrogens is 1. The number of hydrogen-bond acceptors (Lipinski definition) is 5. The average Bonchev–Trinajstić information content (AvgIpc) is 3.12. The summed E-state index contributed by atoms with van der Waals surface area (Å²) in [7, 11) is -1.84. The minimum Gasteiger partial charge on any atom is -0.378 e. The summed E-state index contributed by atoms with van der Waals surface area (Å²) >= 11 is 1.59. The van der Waals surface area contributed by atoms with Gasteiger partial charge in [0.25, 0.3) is 0 Å². The van der Waals surface area contributed by atoms with Crippen LogP contribution in [-0.2, 0) is 14.8 Å². The highest BCUT2D eigenvalue weighted by atomic mass is 32.2. The molecule has 3 rings (SSSR count). The van der Waals surface area contributed by atoms with Crippen molar-refractivity contribution in [2.75, 3.05) is 19.4 Å². The number of ether oxygens (including phenoxy) is 1. The van der Waals surface area contributed by atoms with E-state index in [0.717, 1.165) is 28.1 Å². The molecule has 0 amide bonds. The van der Waals surface area contributed by atoms with Crippen molar-refractivity contribution in [3.05, 3.63) is 29.3 Å². The fourth-order valence-corrected chi connectivity index (χ4v) is 6.28. The molecule has 1 unspecified atom stereocenters. The van der Waals surface area contributed by atoms with Crippen molar-refractivity contribution in [2.24, 2.45) is 0 Å². The predicted molar refractivity (Wildman–Crippen MR) is 93.2 cm³/mol. The molecule has 23 heavy (non-hydrogen) atoms. The number of methoxy groups -OCH3 is 1. The molecule has 1 atom stereocenters. The SMILES string of the molecule is COC(C)(C)CS(=O)(=O)N1CCCC1c1nc2ccccc2s1. The lowest BCUT2D eigenvalue weighted by Gasteiger charge is -2.28. The lowest BCUT2D eigenvalue weighted by molar-refractivity contribution is 0.0415. The first-order valence-electron chi connectivity index (χ1n) is 7.72. The number of hydrogen-bond donors (Lipinski definition) is 0. The Balaban J connectivity index is 1.90. The monoisotopic (exact) mass is 354 g/mol. The van der Waals surface area contributed by atoms with Crippen molar-refractivity contribution in [3.8, 4) is 0 Å². The smallest absolute Gasteiger partial charge is 0.217 e. The molecule has 2 aromatic rings. The molecule has 0 spiro atoms. The first-order chi connectivity index (χ1) is 10.8. The molecule has 1 aliphatic heterocycles. The Bertz CT molecular complexity index is 766. The summed E-state index contributed by atoms with van der Waals surface area (Å²) in [6.07, 6.45) is 1.69. The van der Waals surface area contributed by atoms with Gasteiger partial charge in [-0.2, -0.15) is 4.31 Å². The predicted octanol–water partition coefficient (Wildman–Crippen LogP) is 3.19. The van der Waals surface area contributed by atoms with Gasteiger partial charge in [-0.05, 0) is 38.8 Å². The third kappa shape index (κ3) is 3.42. The van der Waals surface area contributed by atoms with Crippen LogP contribution in [0.5, 0.6) is 0 Å². The molecule has 0 bridgehead atoms. The molecule has 1 aromatic carbocycles. The zero-order valence-corrected chi connectivity index (χ0v) is 15.3. The molecular weight excluding hydrogens is 332 g/mol. The number of nitrogens with zero attached hydrogens (tertiary/aromatic N) is 2. The summed E-state index contributed by atoms with van der Waals surface area (Å²) < 4.78 is 33.7. The Morgan fingerprint density at radius 1 is 1.39 bits per heavy atom. The normalized spacial score (nSPS) is 20.4. The molecule has 1 aromatic heterocycles. The highest BCUT2D eigenvalue weighted by molar-refractivity contribution is 7.89. The van der Waals surface area contributed by atoms with Gasteiger partial charge in [0.2, 0.25) is 10.0 Å². The van der Waals surface area contributed by atoms with Crippen LogP contribution in [0.25, 0.3) is 10.2 Å². The summed E-state index contributed by atoms with van der Waals surface area (Å²) in [5.74, 6) is -0.0160. The van der Waals surface area contributed by atoms with Crippen LogP contribution in [0.1, 0.15) is 37.7 Å². The Labute approximate surface area is 141 Å². The van der Waals surface area contributed by atoms with Crippen LogP contribution >= 0.6 is 11.3 Å². The van der Waals surface area contributed by atoms with Crippen LogP contribution in [0, 0.1) is 0 Å². The standard InChI is InChI=1S/C16H22N2O3S2/c1-16(2,21-3)11-23(19,20)18-10-6-8-13(18)15-17-12-7-4-5-9-14(12)22-15/h4-5,7,9,13H,6,8,10-11H2,1-3H3. The van der Waals surface area contributed by atoms with Crippen molar-refractivity contribution in [1.82, 2.24) is 9.29 Å². The Morgan fingerprint density at radius 2 is 2.13 bits per heavy atom. The fourth-order valence-electron chi connectivity index (χ4n) is 2.93. The van der Waals surface area contributed by atoms with Gasteiger partial charge in [0.15, 0.2) is 0 Å². The number of fused-ring (bicyclic) bond motifs is 1. The summed E-state index contributed by atoms with van der Waals surface area (Å²) in [5.41, 5.74) is 0.244. The maximum absolute atomic E-state index is 12.8. The van der Waals surface area contributed by atoms with Crippen LogP contribution in [-0.4, -0.2) is 42.7 Å². The van der Waals surface area contributed by atoms with Crippen molar-refractivity contribution < 1.29 is 13.2 Å². The second-order valence-corrected chi connectivity index (χ2v) is 9.49. The molecule has 126 valence electrons. The van der Waals surface area contributed by atoms with E-state index in [2.05, 4.69) is 4.98 Å². The van der Waals surface area contributed by atoms with E-state index in [1.54, 1.807) is 36.6 Å². The van der Waals surface area contributed by atoms with Gasteiger partial charge in [-0.15, -0.1) is 11.3 Å². The van der Waals surface area contributed by atoms with Gasteiger partial charge >= 0.3 is 0 Å². The van der Waals surface area contributed by atoms with Crippen molar-refractivity contribution in [3.63, 3.8) is 0 Å². The first-order valence-corrected chi connectivity index (χ1v) is 10.2. The van der Waals surface area contributed by atoms with Crippen molar-refractivity contribution in [1.29, 1.82) is 0 Å². The summed E-state index contributed by atoms with van der Waals surface area (Å²) in [6.45, 7) is 4.16. The maximum atomic E-state index is 12.8. The van der Waals surface area contributed by atoms with E-state index < -0.39 is 15.6 Å². The molecule has 1 fully saturated rings. The molecule has 1 saturated heterocycles. The third-order valence-electron chi connectivity index (χ3n) is 4.24. The lowest BCUT2D eigenvalue weighted by atomic mass is 10.2. The Hall–Kier alpha value is -1.02. The molecule has 0 saturated carbocycles. The van der Waals surface area contributed by atoms with E-state index in [1.807, 2.05) is 24.3 Å². The maximum Gasteiger partial charge on any atom is 0.217 e. The highest BCUT2D eigenvalue weighted by Gasteiger charge is 2.39. The lowest BCUT2D eigenvalue weighted by Crippen LogP contribution is -2.41. The van der Waals surface area contributed by atoms with Crippen molar-refractivity contribution >= 4 is 31.6 Å². The number of benzene rings is 1. The summed E-state index contributed by atoms with van der Waals surface area (Å²) in [4.78, 5) is 4.66. The molecule has 0 aliphatic carbocycles. The largest absolute Gasteiger partial charge is 0.378 e. The second kappa shape index (κ2) is 6.12. The topological polar surface area (TPSA) is 59.5 Å². The second-order valence-electron chi connectivity index (χ2n) is 6.51. The van der Waals surface area contributed by atoms with Crippen LogP contribution in [0.3, 0.4) is 0 Å². The minimum absolute atomic E-state index is 0.0160. The van der Waals surface area contributed by atoms with E-state index >= 15 is 0 Å². The van der Waals surface area contributed by atoms with E-state index in [1.165, 1.54) is 0 Å². The average molecular weight is 354 g/mol. The zero-order valence-electron chi connectivity index (χ0n) is 13.7. The number of thiazole rings is 1. The molecule has 2 heterocycles. The molecule has 7 heteroatoms. The van der Waals surface area contributed by atoms with Crippen LogP contribution in [0.15, 0.2) is 24.3 Å². The summed E-state index contributed by atoms with van der Waals surface area (Å²) in [5, 5.41) is 0.891. The van der Waals surface area contributed by atoms with Crippen LogP contribution in [0.2, 0.25) is 0 Å². The van der Waals surface area contributed by atoms with Gasteiger partial charge in [-0.25, -0.2) is 13.4 Å². The van der Waals surface area contributed by atoms with E-state index in [-0.39, 0.29) is 11.8 Å². The van der Waals surface area contributed by atoms with Crippen LogP contribution < -0.4 is 0 Å². The molecule has 0 radical (unpaired) electrons. The van der Waals surface area contributed by atoms with E-state index in [4.69, 9.17) is 4.74 Å². The Kier molecular flexibility index (Phi) is 4.48. The molecular formula is C16H22N2O3S2. The highest BCUT2D eigenvalue weighted by Crippen LogP contribution is 2.38. The van der Waals surface area contributed by atoms with Gasteiger partial charge in [0.1, 0.15) is 5.01 Å². The van der Waals surface area contributed by atoms with Gasteiger partial charge in [-0.3, -0.25) is 0 Å². The number of sulfonamides is 1. The first kappa shape index (κ1) is 16.8. The molecule has 1 aliphatic rings. The summed E-state index contributed by atoms with van der Waals surface area (Å²) in [6, 6.07) is 7.78. The third-order valence-corrected chi connectivity index (χ3v) is 7.59. The van der Waals surface area contributed by atoms with E-state index in [0.29, 0.717) is 6.54 Å². The van der Waals surface area contributed by atoms with Crippen LogP contribution in [0.4, 0.5) is 0 Å². The molecule has 5 nitrogen and oxygen atoms in total. The minimum atomic E-state index is -3.39. The van der Waals surface area contributed by atoms with Crippen molar-refractivity contribution in [2.45, 2.75) is 38.3 Å². The Morgan fingerprint density at radius 3 is 2.83 bits per heavy atom. The number of rotatable bonds is 5. The van der Waals surface area contributed by atoms with E-state index in [9.17, 15) is 8.42 Å². The van der Waals surface area contributed by atoms with Gasteiger partial charge < -0.3 is 4.74 Å². The quantitative estimate of drug-likeness (QED) is 0.827. The molecule has 0 N–H and O–H groups in total. The number of para-hydroxylation sites is 1.